The zero-order chi connectivity index (χ0) is 19.3. The normalized spacial score (nSPS) is 19.2. The molecule has 1 atom stereocenters. The highest BCUT2D eigenvalue weighted by atomic mass is 16.7. The second-order valence-corrected chi connectivity index (χ2v) is 7.76. The quantitative estimate of drug-likeness (QED) is 0.731. The van der Waals surface area contributed by atoms with Crippen LogP contribution >= 0.6 is 0 Å². The number of likely N-dealkylation sites (tertiary alicyclic amines) is 1. The third kappa shape index (κ3) is 4.42. The number of benzene rings is 2. The van der Waals surface area contributed by atoms with Crippen LogP contribution < -0.4 is 14.2 Å². The number of ether oxygens (including phenoxy) is 3. The van der Waals surface area contributed by atoms with Crippen LogP contribution in [0.25, 0.3) is 0 Å². The van der Waals surface area contributed by atoms with Gasteiger partial charge in [-0.15, -0.1) is 0 Å². The molecule has 0 radical (unpaired) electrons. The molecule has 0 amide bonds. The second-order valence-electron chi connectivity index (χ2n) is 7.76. The summed E-state index contributed by atoms with van der Waals surface area (Å²) < 4.78 is 16.6. The molecule has 2 aliphatic rings. The molecular weight excluding hydrogens is 352 g/mol. The largest absolute Gasteiger partial charge is 0.496 e. The molecule has 1 fully saturated rings. The SMILES string of the molecule is COc1cc2c(cc1CN(C)[C@@H]1CCCN(CCc3ccccc3)C1)OCO2. The first-order valence-electron chi connectivity index (χ1n) is 10.2. The number of rotatable bonds is 7. The molecule has 0 saturated carbocycles. The number of hydrogen-bond donors (Lipinski definition) is 0. The molecule has 0 aliphatic carbocycles. The Morgan fingerprint density at radius 1 is 1.14 bits per heavy atom. The molecule has 2 aliphatic heterocycles. The standard InChI is InChI=1S/C23H30N2O3/c1-24(15-19-13-22-23(28-17-27-22)14-21(19)26-2)20-9-6-11-25(16-20)12-10-18-7-4-3-5-8-18/h3-5,7-8,13-14,20H,6,9-12,15-17H2,1-2H3/t20-/m1/s1. The van der Waals surface area contributed by atoms with E-state index in [1.54, 1.807) is 7.11 Å². The van der Waals surface area contributed by atoms with Gasteiger partial charge in [0.15, 0.2) is 11.5 Å². The molecule has 0 aromatic heterocycles. The van der Waals surface area contributed by atoms with E-state index < -0.39 is 0 Å². The van der Waals surface area contributed by atoms with Gasteiger partial charge in [-0.05, 0) is 44.5 Å². The monoisotopic (exact) mass is 382 g/mol. The van der Waals surface area contributed by atoms with Crippen molar-refractivity contribution in [1.82, 2.24) is 9.80 Å². The van der Waals surface area contributed by atoms with Crippen molar-refractivity contribution in [2.75, 3.05) is 40.6 Å². The Labute approximate surface area is 167 Å². The van der Waals surface area contributed by atoms with E-state index in [0.29, 0.717) is 6.04 Å². The van der Waals surface area contributed by atoms with Crippen molar-refractivity contribution in [3.8, 4) is 17.2 Å². The first kappa shape index (κ1) is 19.1. The van der Waals surface area contributed by atoms with Gasteiger partial charge < -0.3 is 19.1 Å². The van der Waals surface area contributed by atoms with Crippen LogP contribution in [0.2, 0.25) is 0 Å². The number of hydrogen-bond acceptors (Lipinski definition) is 5. The van der Waals surface area contributed by atoms with Crippen LogP contribution in [0.3, 0.4) is 0 Å². The Morgan fingerprint density at radius 3 is 2.71 bits per heavy atom. The van der Waals surface area contributed by atoms with E-state index in [4.69, 9.17) is 14.2 Å². The lowest BCUT2D eigenvalue weighted by molar-refractivity contribution is 0.112. The number of piperidine rings is 1. The van der Waals surface area contributed by atoms with Crippen LogP contribution in [-0.2, 0) is 13.0 Å². The van der Waals surface area contributed by atoms with Crippen molar-refractivity contribution in [2.24, 2.45) is 0 Å². The van der Waals surface area contributed by atoms with E-state index in [2.05, 4.69) is 53.2 Å². The molecule has 150 valence electrons. The summed E-state index contributed by atoms with van der Waals surface area (Å²) in [7, 11) is 3.93. The first-order chi connectivity index (χ1) is 13.7. The first-order valence-corrected chi connectivity index (χ1v) is 10.2. The number of methoxy groups -OCH3 is 1. The van der Waals surface area contributed by atoms with Crippen molar-refractivity contribution >= 4 is 0 Å². The van der Waals surface area contributed by atoms with E-state index >= 15 is 0 Å². The van der Waals surface area contributed by atoms with Crippen molar-refractivity contribution in [3.63, 3.8) is 0 Å². The van der Waals surface area contributed by atoms with Crippen LogP contribution in [-0.4, -0.2) is 56.4 Å². The predicted octanol–water partition coefficient (Wildman–Crippen LogP) is 3.56. The zero-order valence-corrected chi connectivity index (χ0v) is 16.9. The summed E-state index contributed by atoms with van der Waals surface area (Å²) in [6.45, 7) is 4.58. The highest BCUT2D eigenvalue weighted by Gasteiger charge is 2.25. The van der Waals surface area contributed by atoms with Gasteiger partial charge in [0.05, 0.1) is 7.11 Å². The molecule has 2 aromatic rings. The van der Waals surface area contributed by atoms with Crippen molar-refractivity contribution in [1.29, 1.82) is 0 Å². The van der Waals surface area contributed by atoms with Crippen LogP contribution in [0.4, 0.5) is 0 Å². The van der Waals surface area contributed by atoms with E-state index in [-0.39, 0.29) is 6.79 Å². The highest BCUT2D eigenvalue weighted by Crippen LogP contribution is 2.38. The average Bonchev–Trinajstić information content (AvgIpc) is 3.20. The predicted molar refractivity (Wildman–Crippen MR) is 110 cm³/mol. The third-order valence-corrected chi connectivity index (χ3v) is 5.86. The lowest BCUT2D eigenvalue weighted by Crippen LogP contribution is -2.46. The van der Waals surface area contributed by atoms with Crippen LogP contribution in [0.15, 0.2) is 42.5 Å². The summed E-state index contributed by atoms with van der Waals surface area (Å²) in [6.07, 6.45) is 3.61. The molecule has 2 heterocycles. The Kier molecular flexibility index (Phi) is 6.03. The maximum atomic E-state index is 5.59. The summed E-state index contributed by atoms with van der Waals surface area (Å²) in [5, 5.41) is 0. The van der Waals surface area contributed by atoms with Gasteiger partial charge in [-0.2, -0.15) is 0 Å². The zero-order valence-electron chi connectivity index (χ0n) is 16.9. The Hall–Kier alpha value is -2.24. The highest BCUT2D eigenvalue weighted by molar-refractivity contribution is 5.51. The molecule has 2 aromatic carbocycles. The minimum absolute atomic E-state index is 0.288. The van der Waals surface area contributed by atoms with Gasteiger partial charge in [-0.25, -0.2) is 0 Å². The van der Waals surface area contributed by atoms with E-state index in [1.165, 1.54) is 24.9 Å². The van der Waals surface area contributed by atoms with Crippen molar-refractivity contribution in [2.45, 2.75) is 31.8 Å². The summed E-state index contributed by atoms with van der Waals surface area (Å²) in [6, 6.07) is 15.3. The lowest BCUT2D eigenvalue weighted by Gasteiger charge is -2.38. The number of fused-ring (bicyclic) bond motifs is 1. The minimum atomic E-state index is 0.288. The maximum absolute atomic E-state index is 5.59. The minimum Gasteiger partial charge on any atom is -0.496 e. The molecule has 4 rings (SSSR count). The van der Waals surface area contributed by atoms with Crippen molar-refractivity contribution in [3.05, 3.63) is 53.6 Å². The van der Waals surface area contributed by atoms with Crippen LogP contribution in [0.5, 0.6) is 17.2 Å². The molecular formula is C23H30N2O3. The fourth-order valence-electron chi connectivity index (χ4n) is 4.20. The van der Waals surface area contributed by atoms with Gasteiger partial charge in [-0.3, -0.25) is 4.90 Å². The van der Waals surface area contributed by atoms with E-state index in [0.717, 1.165) is 48.9 Å². The van der Waals surface area contributed by atoms with E-state index in [1.807, 2.05) is 6.07 Å². The van der Waals surface area contributed by atoms with Gasteiger partial charge in [0.1, 0.15) is 5.75 Å². The van der Waals surface area contributed by atoms with Gasteiger partial charge in [0.2, 0.25) is 6.79 Å². The summed E-state index contributed by atoms with van der Waals surface area (Å²) >= 11 is 0. The molecule has 5 heteroatoms. The fourth-order valence-corrected chi connectivity index (χ4v) is 4.20. The van der Waals surface area contributed by atoms with Crippen LogP contribution in [0.1, 0.15) is 24.0 Å². The lowest BCUT2D eigenvalue weighted by atomic mass is 10.0. The second kappa shape index (κ2) is 8.84. The number of nitrogens with zero attached hydrogens (tertiary/aromatic N) is 2. The Bertz CT molecular complexity index is 781. The fraction of sp³-hybridized carbons (Fsp3) is 0.478. The number of likely N-dealkylation sites (N-methyl/N-ethyl adjacent to an activating group) is 1. The van der Waals surface area contributed by atoms with Gasteiger partial charge >= 0.3 is 0 Å². The molecule has 0 unspecified atom stereocenters. The Morgan fingerprint density at radius 2 is 1.93 bits per heavy atom. The molecule has 0 bridgehead atoms. The summed E-state index contributed by atoms with van der Waals surface area (Å²) in [5.41, 5.74) is 2.57. The van der Waals surface area contributed by atoms with Crippen molar-refractivity contribution < 1.29 is 14.2 Å². The van der Waals surface area contributed by atoms with E-state index in [9.17, 15) is 0 Å². The maximum Gasteiger partial charge on any atom is 0.231 e. The molecule has 0 N–H and O–H groups in total. The van der Waals surface area contributed by atoms with Gasteiger partial charge in [0, 0.05) is 37.3 Å². The smallest absolute Gasteiger partial charge is 0.231 e. The Balaban J connectivity index is 1.36. The van der Waals surface area contributed by atoms with Crippen LogP contribution in [0, 0.1) is 0 Å². The average molecular weight is 383 g/mol. The molecule has 1 saturated heterocycles. The van der Waals surface area contributed by atoms with Gasteiger partial charge in [-0.1, -0.05) is 30.3 Å². The topological polar surface area (TPSA) is 34.2 Å². The molecule has 0 spiro atoms. The summed E-state index contributed by atoms with van der Waals surface area (Å²) in [4.78, 5) is 5.06. The van der Waals surface area contributed by atoms with Gasteiger partial charge in [0.25, 0.3) is 0 Å². The molecule has 28 heavy (non-hydrogen) atoms. The third-order valence-electron chi connectivity index (χ3n) is 5.86. The summed E-state index contributed by atoms with van der Waals surface area (Å²) in [5.74, 6) is 2.46. The molecule has 5 nitrogen and oxygen atoms in total.